The zero-order chi connectivity index (χ0) is 15.2. The lowest BCUT2D eigenvalue weighted by atomic mass is 10.1. The second-order valence-electron chi connectivity index (χ2n) is 4.50. The Bertz CT molecular complexity index is 596. The van der Waals surface area contributed by atoms with Gasteiger partial charge in [-0.05, 0) is 24.7 Å². The normalized spacial score (nSPS) is 10.7. The smallest absolute Gasteiger partial charge is 0.165 e. The van der Waals surface area contributed by atoms with E-state index in [0.29, 0.717) is 12.1 Å². The molecule has 0 radical (unpaired) electrons. The van der Waals surface area contributed by atoms with E-state index < -0.39 is 17.5 Å². The standard InChI is InChI=1S/C16H16F3NO/c1-2-20-9-11-5-3-8-15(19)16(11)21-10-12-13(17)6-4-7-14(12)18/h3-8,20H,2,9-10H2,1H3. The fraction of sp³-hybridized carbons (Fsp3) is 0.250. The van der Waals surface area contributed by atoms with Gasteiger partial charge in [-0.2, -0.15) is 0 Å². The molecule has 2 nitrogen and oxygen atoms in total. The molecule has 0 aromatic heterocycles. The van der Waals surface area contributed by atoms with Gasteiger partial charge in [0.05, 0.1) is 5.56 Å². The Morgan fingerprint density at radius 2 is 1.57 bits per heavy atom. The van der Waals surface area contributed by atoms with Crippen molar-refractivity contribution in [1.29, 1.82) is 0 Å². The molecule has 2 rings (SSSR count). The lowest BCUT2D eigenvalue weighted by Gasteiger charge is -2.13. The molecule has 0 aliphatic rings. The van der Waals surface area contributed by atoms with Gasteiger partial charge in [-0.15, -0.1) is 0 Å². The lowest BCUT2D eigenvalue weighted by molar-refractivity contribution is 0.274. The Morgan fingerprint density at radius 3 is 2.24 bits per heavy atom. The molecule has 5 heteroatoms. The van der Waals surface area contributed by atoms with Gasteiger partial charge in [-0.25, -0.2) is 13.2 Å². The molecule has 0 saturated carbocycles. The minimum Gasteiger partial charge on any atom is -0.485 e. The van der Waals surface area contributed by atoms with Crippen LogP contribution in [0.25, 0.3) is 0 Å². The van der Waals surface area contributed by atoms with Crippen molar-refractivity contribution in [3.63, 3.8) is 0 Å². The van der Waals surface area contributed by atoms with Crippen LogP contribution in [0.2, 0.25) is 0 Å². The molecule has 1 N–H and O–H groups in total. The molecule has 0 heterocycles. The van der Waals surface area contributed by atoms with Crippen molar-refractivity contribution in [3.05, 3.63) is 65.0 Å². The second-order valence-corrected chi connectivity index (χ2v) is 4.50. The van der Waals surface area contributed by atoms with Crippen LogP contribution in [0, 0.1) is 17.5 Å². The summed E-state index contributed by atoms with van der Waals surface area (Å²) in [6, 6.07) is 8.08. The summed E-state index contributed by atoms with van der Waals surface area (Å²) >= 11 is 0. The molecule has 0 unspecified atom stereocenters. The number of nitrogens with one attached hydrogen (secondary N) is 1. The SMILES string of the molecule is CCNCc1cccc(F)c1OCc1c(F)cccc1F. The molecule has 2 aromatic rings. The van der Waals surface area contributed by atoms with E-state index in [0.717, 1.165) is 18.7 Å². The Kier molecular flexibility index (Phi) is 5.22. The van der Waals surface area contributed by atoms with Crippen LogP contribution in [0.1, 0.15) is 18.1 Å². The molecule has 0 fully saturated rings. The van der Waals surface area contributed by atoms with Gasteiger partial charge < -0.3 is 10.1 Å². The van der Waals surface area contributed by atoms with Crippen molar-refractivity contribution < 1.29 is 17.9 Å². The van der Waals surface area contributed by atoms with Gasteiger partial charge in [0.2, 0.25) is 0 Å². The number of benzene rings is 2. The van der Waals surface area contributed by atoms with E-state index in [1.165, 1.54) is 12.1 Å². The maximum Gasteiger partial charge on any atom is 0.165 e. The zero-order valence-corrected chi connectivity index (χ0v) is 11.6. The first-order valence-corrected chi connectivity index (χ1v) is 6.67. The monoisotopic (exact) mass is 295 g/mol. The van der Waals surface area contributed by atoms with Gasteiger partial charge in [0.25, 0.3) is 0 Å². The van der Waals surface area contributed by atoms with Crippen molar-refractivity contribution >= 4 is 0 Å². The molecule has 0 aliphatic heterocycles. The first-order valence-electron chi connectivity index (χ1n) is 6.67. The largest absolute Gasteiger partial charge is 0.485 e. The van der Waals surface area contributed by atoms with E-state index in [1.54, 1.807) is 12.1 Å². The Hall–Kier alpha value is -2.01. The third kappa shape index (κ3) is 3.76. The topological polar surface area (TPSA) is 21.3 Å². The summed E-state index contributed by atoms with van der Waals surface area (Å²) in [6.45, 7) is 2.70. The van der Waals surface area contributed by atoms with E-state index in [9.17, 15) is 13.2 Å². The molecular formula is C16H16F3NO. The Balaban J connectivity index is 2.19. The third-order valence-electron chi connectivity index (χ3n) is 3.04. The molecule has 2 aromatic carbocycles. The first-order chi connectivity index (χ1) is 10.1. The Labute approximate surface area is 121 Å². The summed E-state index contributed by atoms with van der Waals surface area (Å²) in [4.78, 5) is 0. The molecule has 0 atom stereocenters. The van der Waals surface area contributed by atoms with Gasteiger partial charge in [-0.1, -0.05) is 25.1 Å². The second kappa shape index (κ2) is 7.13. The van der Waals surface area contributed by atoms with Crippen LogP contribution in [0.4, 0.5) is 13.2 Å². The van der Waals surface area contributed by atoms with E-state index in [2.05, 4.69) is 5.32 Å². The van der Waals surface area contributed by atoms with E-state index >= 15 is 0 Å². The van der Waals surface area contributed by atoms with Crippen molar-refractivity contribution in [2.24, 2.45) is 0 Å². The number of para-hydroxylation sites is 1. The highest BCUT2D eigenvalue weighted by Gasteiger charge is 2.13. The van der Waals surface area contributed by atoms with Gasteiger partial charge in [-0.3, -0.25) is 0 Å². The maximum absolute atomic E-state index is 13.8. The Morgan fingerprint density at radius 1 is 0.952 bits per heavy atom. The lowest BCUT2D eigenvalue weighted by Crippen LogP contribution is -2.13. The van der Waals surface area contributed by atoms with Crippen molar-refractivity contribution in [3.8, 4) is 5.75 Å². The molecule has 0 bridgehead atoms. The summed E-state index contributed by atoms with van der Waals surface area (Å²) in [5.41, 5.74) is 0.392. The van der Waals surface area contributed by atoms with Crippen LogP contribution in [-0.2, 0) is 13.2 Å². The summed E-state index contributed by atoms with van der Waals surface area (Å²) in [6.07, 6.45) is 0. The van der Waals surface area contributed by atoms with Crippen molar-refractivity contribution in [2.75, 3.05) is 6.54 Å². The minimum absolute atomic E-state index is 0.0149. The molecule has 0 saturated heterocycles. The predicted octanol–water partition coefficient (Wildman–Crippen LogP) is 3.79. The van der Waals surface area contributed by atoms with E-state index in [1.807, 2.05) is 6.92 Å². The summed E-state index contributed by atoms with van der Waals surface area (Å²) in [7, 11) is 0. The highest BCUT2D eigenvalue weighted by Crippen LogP contribution is 2.24. The van der Waals surface area contributed by atoms with Crippen LogP contribution in [-0.4, -0.2) is 6.54 Å². The number of halogens is 3. The van der Waals surface area contributed by atoms with Gasteiger partial charge in [0, 0.05) is 12.1 Å². The van der Waals surface area contributed by atoms with Crippen LogP contribution in [0.15, 0.2) is 36.4 Å². The molecule has 0 aliphatic carbocycles. The predicted molar refractivity (Wildman–Crippen MR) is 74.5 cm³/mol. The van der Waals surface area contributed by atoms with Gasteiger partial charge in [0.15, 0.2) is 11.6 Å². The van der Waals surface area contributed by atoms with Crippen LogP contribution in [0.5, 0.6) is 5.75 Å². The molecule has 112 valence electrons. The number of hydrogen-bond acceptors (Lipinski definition) is 2. The minimum atomic E-state index is -0.709. The van der Waals surface area contributed by atoms with E-state index in [4.69, 9.17) is 4.74 Å². The fourth-order valence-corrected chi connectivity index (χ4v) is 1.93. The first kappa shape index (κ1) is 15.4. The quantitative estimate of drug-likeness (QED) is 0.875. The zero-order valence-electron chi connectivity index (χ0n) is 11.6. The third-order valence-corrected chi connectivity index (χ3v) is 3.04. The maximum atomic E-state index is 13.8. The summed E-state index contributed by atoms with van der Waals surface area (Å²) in [5.74, 6) is -1.96. The molecular weight excluding hydrogens is 279 g/mol. The summed E-state index contributed by atoms with van der Waals surface area (Å²) in [5, 5.41) is 3.06. The van der Waals surface area contributed by atoms with Crippen LogP contribution >= 0.6 is 0 Å². The van der Waals surface area contributed by atoms with Gasteiger partial charge in [0.1, 0.15) is 18.2 Å². The number of ether oxygens (including phenoxy) is 1. The van der Waals surface area contributed by atoms with Gasteiger partial charge >= 0.3 is 0 Å². The molecule has 0 amide bonds. The summed E-state index contributed by atoms with van der Waals surface area (Å²) < 4.78 is 46.2. The van der Waals surface area contributed by atoms with Crippen LogP contribution in [0.3, 0.4) is 0 Å². The highest BCUT2D eigenvalue weighted by molar-refractivity contribution is 5.35. The average molecular weight is 295 g/mol. The average Bonchev–Trinajstić information content (AvgIpc) is 2.46. The van der Waals surface area contributed by atoms with Crippen molar-refractivity contribution in [1.82, 2.24) is 5.32 Å². The fourth-order valence-electron chi connectivity index (χ4n) is 1.93. The van der Waals surface area contributed by atoms with Crippen LogP contribution < -0.4 is 10.1 Å². The molecule has 21 heavy (non-hydrogen) atoms. The van der Waals surface area contributed by atoms with Crippen molar-refractivity contribution in [2.45, 2.75) is 20.1 Å². The highest BCUT2D eigenvalue weighted by atomic mass is 19.1. The number of rotatable bonds is 6. The molecule has 0 spiro atoms. The number of hydrogen-bond donors (Lipinski definition) is 1. The van der Waals surface area contributed by atoms with E-state index in [-0.39, 0.29) is 17.9 Å².